The van der Waals surface area contributed by atoms with E-state index in [-0.39, 0.29) is 6.04 Å². The molecular weight excluding hydrogens is 210 g/mol. The number of hydrogen-bond acceptors (Lipinski definition) is 2. The highest BCUT2D eigenvalue weighted by atomic mass is 35.5. The van der Waals surface area contributed by atoms with Crippen LogP contribution in [0, 0.1) is 0 Å². The van der Waals surface area contributed by atoms with E-state index in [9.17, 15) is 0 Å². The van der Waals surface area contributed by atoms with Gasteiger partial charge in [0.25, 0.3) is 0 Å². The van der Waals surface area contributed by atoms with Crippen LogP contribution in [0.1, 0.15) is 12.2 Å². The zero-order valence-corrected chi connectivity index (χ0v) is 9.04. The van der Waals surface area contributed by atoms with Crippen molar-refractivity contribution in [2.24, 2.45) is 5.73 Å². The third-order valence-electron chi connectivity index (χ3n) is 2.98. The molecule has 2 heterocycles. The number of aromatic nitrogens is 2. The quantitative estimate of drug-likeness (QED) is 0.739. The Morgan fingerprint density at radius 3 is 3.20 bits per heavy atom. The Balaban J connectivity index is 2.27. The third-order valence-corrected chi connectivity index (χ3v) is 3.28. The minimum Gasteiger partial charge on any atom is -0.328 e. The number of rotatable bonds is 0. The fourth-order valence-corrected chi connectivity index (χ4v) is 2.41. The minimum absolute atomic E-state index is 0.244. The van der Waals surface area contributed by atoms with Gasteiger partial charge in [0.2, 0.25) is 0 Å². The van der Waals surface area contributed by atoms with Crippen molar-refractivity contribution in [3.63, 3.8) is 0 Å². The molecule has 0 radical (unpaired) electrons. The second-order valence-corrected chi connectivity index (χ2v) is 4.45. The Labute approximate surface area is 92.8 Å². The Kier molecular flexibility index (Phi) is 1.97. The van der Waals surface area contributed by atoms with Gasteiger partial charge < -0.3 is 10.3 Å². The van der Waals surface area contributed by atoms with E-state index in [0.717, 1.165) is 41.3 Å². The summed E-state index contributed by atoms with van der Waals surface area (Å²) < 4.78 is 2.23. The predicted octanol–water partition coefficient (Wildman–Crippen LogP) is 1.96. The summed E-state index contributed by atoms with van der Waals surface area (Å²) in [7, 11) is 0. The Morgan fingerprint density at radius 1 is 1.47 bits per heavy atom. The summed E-state index contributed by atoms with van der Waals surface area (Å²) in [5.41, 5.74) is 7.96. The molecule has 1 aromatic carbocycles. The summed E-state index contributed by atoms with van der Waals surface area (Å²) in [5, 5.41) is 0.725. The molecule has 1 atom stereocenters. The number of fused-ring (bicyclic) bond motifs is 3. The van der Waals surface area contributed by atoms with Crippen molar-refractivity contribution < 1.29 is 0 Å². The lowest BCUT2D eigenvalue weighted by molar-refractivity contribution is 0.471. The number of hydrogen-bond donors (Lipinski definition) is 1. The molecule has 15 heavy (non-hydrogen) atoms. The first-order chi connectivity index (χ1) is 7.25. The van der Waals surface area contributed by atoms with E-state index in [1.807, 2.05) is 12.1 Å². The largest absolute Gasteiger partial charge is 0.328 e. The average molecular weight is 222 g/mol. The molecule has 3 rings (SSSR count). The molecule has 2 N–H and O–H groups in total. The summed E-state index contributed by atoms with van der Waals surface area (Å²) in [5.74, 6) is 1.07. The highest BCUT2D eigenvalue weighted by molar-refractivity contribution is 6.34. The van der Waals surface area contributed by atoms with Crippen LogP contribution in [0.2, 0.25) is 5.02 Å². The molecule has 78 valence electrons. The molecule has 0 spiro atoms. The zero-order valence-electron chi connectivity index (χ0n) is 8.28. The first kappa shape index (κ1) is 9.19. The van der Waals surface area contributed by atoms with Crippen LogP contribution in [-0.4, -0.2) is 15.6 Å². The molecule has 3 nitrogen and oxygen atoms in total. The van der Waals surface area contributed by atoms with Gasteiger partial charge in [-0.15, -0.1) is 0 Å². The molecule has 0 bridgehead atoms. The van der Waals surface area contributed by atoms with Crippen molar-refractivity contribution in [3.05, 3.63) is 29.0 Å². The van der Waals surface area contributed by atoms with Gasteiger partial charge in [-0.25, -0.2) is 4.98 Å². The second kappa shape index (κ2) is 3.22. The first-order valence-electron chi connectivity index (χ1n) is 5.15. The van der Waals surface area contributed by atoms with E-state index in [4.69, 9.17) is 17.3 Å². The second-order valence-electron chi connectivity index (χ2n) is 4.04. The molecular formula is C11H12ClN3. The van der Waals surface area contributed by atoms with E-state index in [1.54, 1.807) is 0 Å². The Bertz CT molecular complexity index is 518. The molecule has 0 aliphatic carbocycles. The van der Waals surface area contributed by atoms with E-state index in [0.29, 0.717) is 0 Å². The Hall–Kier alpha value is -1.06. The molecule has 1 aliphatic rings. The summed E-state index contributed by atoms with van der Waals surface area (Å²) in [4.78, 5) is 4.55. The van der Waals surface area contributed by atoms with Crippen molar-refractivity contribution in [2.75, 3.05) is 0 Å². The maximum absolute atomic E-state index is 6.11. The predicted molar refractivity (Wildman–Crippen MR) is 61.0 cm³/mol. The summed E-state index contributed by atoms with van der Waals surface area (Å²) >= 11 is 6.11. The fraction of sp³-hybridized carbons (Fsp3) is 0.364. The first-order valence-corrected chi connectivity index (χ1v) is 5.53. The van der Waals surface area contributed by atoms with Gasteiger partial charge in [0.1, 0.15) is 11.3 Å². The normalized spacial score (nSPS) is 20.5. The number of para-hydroxylation sites is 1. The minimum atomic E-state index is 0.244. The van der Waals surface area contributed by atoms with Crippen molar-refractivity contribution in [1.29, 1.82) is 0 Å². The molecule has 0 saturated heterocycles. The van der Waals surface area contributed by atoms with Crippen LogP contribution < -0.4 is 5.73 Å². The number of nitrogens with zero attached hydrogens (tertiary/aromatic N) is 2. The third kappa shape index (κ3) is 1.34. The lowest BCUT2D eigenvalue weighted by Gasteiger charge is -2.19. The number of benzene rings is 1. The zero-order chi connectivity index (χ0) is 10.4. The number of imidazole rings is 1. The van der Waals surface area contributed by atoms with Gasteiger partial charge in [0, 0.05) is 19.0 Å². The SMILES string of the molecule is NC1CCn2c(nc3c(Cl)cccc32)C1. The van der Waals surface area contributed by atoms with Crippen LogP contribution in [0.5, 0.6) is 0 Å². The standard InChI is InChI=1S/C11H12ClN3/c12-8-2-1-3-9-11(8)14-10-6-7(13)4-5-15(9)10/h1-3,7H,4-6,13H2. The van der Waals surface area contributed by atoms with E-state index >= 15 is 0 Å². The van der Waals surface area contributed by atoms with E-state index in [2.05, 4.69) is 15.6 Å². The van der Waals surface area contributed by atoms with Crippen molar-refractivity contribution in [2.45, 2.75) is 25.4 Å². The molecule has 1 aromatic heterocycles. The summed E-state index contributed by atoms with van der Waals surface area (Å²) in [6.45, 7) is 0.952. The molecule has 0 amide bonds. The lowest BCUT2D eigenvalue weighted by Crippen LogP contribution is -2.30. The van der Waals surface area contributed by atoms with Crippen LogP contribution in [0.3, 0.4) is 0 Å². The molecule has 2 aromatic rings. The van der Waals surface area contributed by atoms with Gasteiger partial charge in [-0.05, 0) is 18.6 Å². The summed E-state index contributed by atoms with van der Waals surface area (Å²) in [6.07, 6.45) is 1.87. The van der Waals surface area contributed by atoms with Gasteiger partial charge >= 0.3 is 0 Å². The van der Waals surface area contributed by atoms with Crippen molar-refractivity contribution >= 4 is 22.6 Å². The number of nitrogens with two attached hydrogens (primary N) is 1. The van der Waals surface area contributed by atoms with E-state index < -0.39 is 0 Å². The van der Waals surface area contributed by atoms with Gasteiger partial charge in [-0.2, -0.15) is 0 Å². The molecule has 1 aliphatic heterocycles. The van der Waals surface area contributed by atoms with Crippen LogP contribution in [0.4, 0.5) is 0 Å². The van der Waals surface area contributed by atoms with Gasteiger partial charge in [-0.1, -0.05) is 17.7 Å². The lowest BCUT2D eigenvalue weighted by atomic mass is 10.1. The molecule has 1 unspecified atom stereocenters. The van der Waals surface area contributed by atoms with Crippen molar-refractivity contribution in [3.8, 4) is 0 Å². The average Bonchev–Trinajstić information content (AvgIpc) is 2.57. The molecule has 0 fully saturated rings. The van der Waals surface area contributed by atoms with Crippen LogP contribution in [-0.2, 0) is 13.0 Å². The van der Waals surface area contributed by atoms with Crippen LogP contribution >= 0.6 is 11.6 Å². The van der Waals surface area contributed by atoms with Gasteiger partial charge in [0.15, 0.2) is 0 Å². The summed E-state index contributed by atoms with van der Waals surface area (Å²) in [6, 6.07) is 6.15. The van der Waals surface area contributed by atoms with Crippen LogP contribution in [0.25, 0.3) is 11.0 Å². The highest BCUT2D eigenvalue weighted by Crippen LogP contribution is 2.26. The fourth-order valence-electron chi connectivity index (χ4n) is 2.20. The van der Waals surface area contributed by atoms with Gasteiger partial charge in [-0.3, -0.25) is 0 Å². The number of halogens is 1. The monoisotopic (exact) mass is 221 g/mol. The molecule has 4 heteroatoms. The maximum Gasteiger partial charge on any atom is 0.111 e. The van der Waals surface area contributed by atoms with Crippen LogP contribution in [0.15, 0.2) is 18.2 Å². The smallest absolute Gasteiger partial charge is 0.111 e. The Morgan fingerprint density at radius 2 is 2.33 bits per heavy atom. The molecule has 0 saturated carbocycles. The number of aryl methyl sites for hydroxylation is 1. The maximum atomic E-state index is 6.11. The van der Waals surface area contributed by atoms with E-state index in [1.165, 1.54) is 0 Å². The van der Waals surface area contributed by atoms with Gasteiger partial charge in [0.05, 0.1) is 10.5 Å². The highest BCUT2D eigenvalue weighted by Gasteiger charge is 2.19. The topological polar surface area (TPSA) is 43.8 Å². The van der Waals surface area contributed by atoms with Crippen molar-refractivity contribution in [1.82, 2.24) is 9.55 Å².